The normalized spacial score (nSPS) is 12.4. The standard InChI is InChI=1S/C35H26ClF3N8O4/c1-45-16-23-22(12-40)31(24(36)11-27(23)44-45)42-33-43-34(50)47(35(51)46(33)15-17-9-25(37)30(39)26(38)10-17)28-14-41-13-20-3-2-4-21(29(20)28)18-5-7-19(8-6-18)32(48)49/h2-11,14,16,41H,12-13,15,40H2,1H3,(H,48,49)(H,42,43,50). The van der Waals surface area contributed by atoms with E-state index in [9.17, 15) is 32.7 Å². The van der Waals surface area contributed by atoms with Crippen molar-refractivity contribution in [2.75, 3.05) is 5.32 Å². The van der Waals surface area contributed by atoms with Gasteiger partial charge in [-0.05, 0) is 52.6 Å². The van der Waals surface area contributed by atoms with Crippen LogP contribution in [0.5, 0.6) is 0 Å². The van der Waals surface area contributed by atoms with Gasteiger partial charge in [-0.3, -0.25) is 9.25 Å². The summed E-state index contributed by atoms with van der Waals surface area (Å²) in [4.78, 5) is 44.2. The Balaban J connectivity index is 1.43. The molecule has 51 heavy (non-hydrogen) atoms. The van der Waals surface area contributed by atoms with Gasteiger partial charge in [-0.25, -0.2) is 32.1 Å². The third-order valence-corrected chi connectivity index (χ3v) is 8.80. The number of rotatable bonds is 8. The number of hydrogen-bond acceptors (Lipinski definition) is 8. The predicted molar refractivity (Wildman–Crippen MR) is 184 cm³/mol. The van der Waals surface area contributed by atoms with E-state index in [1.54, 1.807) is 54.3 Å². The van der Waals surface area contributed by atoms with Gasteiger partial charge < -0.3 is 21.5 Å². The second-order valence-corrected chi connectivity index (χ2v) is 12.1. The molecule has 1 aliphatic rings. The summed E-state index contributed by atoms with van der Waals surface area (Å²) in [6, 6.07) is 14.5. The van der Waals surface area contributed by atoms with Gasteiger partial charge in [-0.2, -0.15) is 10.1 Å². The first-order valence-corrected chi connectivity index (χ1v) is 15.7. The van der Waals surface area contributed by atoms with Gasteiger partial charge in [0.25, 0.3) is 0 Å². The number of anilines is 2. The van der Waals surface area contributed by atoms with Gasteiger partial charge in [0.05, 0.1) is 34.0 Å². The van der Waals surface area contributed by atoms with Crippen molar-refractivity contribution in [3.63, 3.8) is 0 Å². The fraction of sp³-hybridized carbons (Fsp3) is 0.114. The molecule has 1 aliphatic heterocycles. The van der Waals surface area contributed by atoms with E-state index in [2.05, 4.69) is 20.7 Å². The Bertz CT molecular complexity index is 2540. The van der Waals surface area contributed by atoms with Crippen LogP contribution in [0.15, 0.2) is 82.6 Å². The molecule has 5 N–H and O–H groups in total. The molecule has 0 unspecified atom stereocenters. The Morgan fingerprint density at radius 3 is 2.49 bits per heavy atom. The van der Waals surface area contributed by atoms with Crippen LogP contribution in [0.2, 0.25) is 5.02 Å². The summed E-state index contributed by atoms with van der Waals surface area (Å²) in [5.74, 6) is -6.08. The second-order valence-electron chi connectivity index (χ2n) is 11.7. The number of aromatic carboxylic acids is 1. The first-order valence-electron chi connectivity index (χ1n) is 15.3. The molecule has 0 saturated heterocycles. The number of aromatic nitrogens is 5. The molecule has 0 saturated carbocycles. The number of benzene rings is 4. The highest BCUT2D eigenvalue weighted by molar-refractivity contribution is 6.34. The van der Waals surface area contributed by atoms with Crippen molar-refractivity contribution >= 4 is 45.8 Å². The van der Waals surface area contributed by atoms with Crippen LogP contribution in [0.4, 0.5) is 24.8 Å². The minimum atomic E-state index is -1.68. The number of nitrogens with one attached hydrogen (secondary N) is 2. The molecule has 7 rings (SSSR count). The number of carbonyl (C=O) groups is 1. The predicted octanol–water partition coefficient (Wildman–Crippen LogP) is 4.93. The van der Waals surface area contributed by atoms with Crippen LogP contribution >= 0.6 is 11.6 Å². The van der Waals surface area contributed by atoms with Crippen molar-refractivity contribution in [1.29, 1.82) is 0 Å². The fourth-order valence-electron chi connectivity index (χ4n) is 6.18. The lowest BCUT2D eigenvalue weighted by Crippen LogP contribution is -2.43. The molecule has 2 aromatic heterocycles. The molecular formula is C35H26ClF3N8O4. The molecule has 0 spiro atoms. The van der Waals surface area contributed by atoms with E-state index in [4.69, 9.17) is 17.3 Å². The molecule has 3 heterocycles. The third kappa shape index (κ3) is 5.91. The van der Waals surface area contributed by atoms with Crippen LogP contribution in [0.25, 0.3) is 27.7 Å². The molecule has 258 valence electrons. The first kappa shape index (κ1) is 33.3. The Morgan fingerprint density at radius 2 is 1.80 bits per heavy atom. The number of hydrogen-bond donors (Lipinski definition) is 4. The zero-order valence-corrected chi connectivity index (χ0v) is 27.3. The van der Waals surface area contributed by atoms with Crippen LogP contribution in [-0.4, -0.2) is 35.0 Å². The minimum absolute atomic E-state index is 0.0354. The van der Waals surface area contributed by atoms with E-state index in [0.29, 0.717) is 45.3 Å². The van der Waals surface area contributed by atoms with Gasteiger partial charge in [0.1, 0.15) is 0 Å². The van der Waals surface area contributed by atoms with E-state index in [1.807, 2.05) is 0 Å². The highest BCUT2D eigenvalue weighted by Gasteiger charge is 2.26. The van der Waals surface area contributed by atoms with Crippen LogP contribution in [0, 0.1) is 17.5 Å². The molecule has 0 atom stereocenters. The van der Waals surface area contributed by atoms with Gasteiger partial charge in [0, 0.05) is 49.0 Å². The summed E-state index contributed by atoms with van der Waals surface area (Å²) in [5, 5.41) is 20.5. The van der Waals surface area contributed by atoms with E-state index < -0.39 is 41.3 Å². The second kappa shape index (κ2) is 12.9. The molecule has 16 heteroatoms. The van der Waals surface area contributed by atoms with Gasteiger partial charge in [-0.1, -0.05) is 41.9 Å². The highest BCUT2D eigenvalue weighted by atomic mass is 35.5. The Labute approximate surface area is 290 Å². The van der Waals surface area contributed by atoms with Crippen LogP contribution in [0.1, 0.15) is 32.6 Å². The van der Waals surface area contributed by atoms with Crippen molar-refractivity contribution in [3.05, 3.63) is 144 Å². The molecule has 4 aromatic carbocycles. The summed E-state index contributed by atoms with van der Waals surface area (Å²) in [6.07, 6.45) is 3.19. The molecule has 6 aromatic rings. The number of nitrogens with zero attached hydrogens (tertiary/aromatic N) is 5. The van der Waals surface area contributed by atoms with Gasteiger partial charge >= 0.3 is 17.3 Å². The van der Waals surface area contributed by atoms with Gasteiger partial charge in [0.15, 0.2) is 17.5 Å². The Morgan fingerprint density at radius 1 is 1.08 bits per heavy atom. The van der Waals surface area contributed by atoms with E-state index in [0.717, 1.165) is 21.3 Å². The molecule has 0 bridgehead atoms. The van der Waals surface area contributed by atoms with Crippen molar-refractivity contribution in [2.24, 2.45) is 12.8 Å². The monoisotopic (exact) mass is 714 g/mol. The third-order valence-electron chi connectivity index (χ3n) is 8.50. The van der Waals surface area contributed by atoms with Crippen molar-refractivity contribution < 1.29 is 23.1 Å². The quantitative estimate of drug-likeness (QED) is 0.160. The summed E-state index contributed by atoms with van der Waals surface area (Å²) in [5.41, 5.74) is 7.79. The van der Waals surface area contributed by atoms with Crippen molar-refractivity contribution in [3.8, 4) is 11.1 Å². The number of carboxylic acids is 1. The van der Waals surface area contributed by atoms with E-state index >= 15 is 0 Å². The summed E-state index contributed by atoms with van der Waals surface area (Å²) in [7, 11) is 1.71. The average Bonchev–Trinajstić information content (AvgIpc) is 3.48. The smallest absolute Gasteiger partial charge is 0.359 e. The molecule has 0 aliphatic carbocycles. The van der Waals surface area contributed by atoms with Crippen LogP contribution in [0.3, 0.4) is 0 Å². The summed E-state index contributed by atoms with van der Waals surface area (Å²) in [6.45, 7) is -0.257. The number of fused-ring (bicyclic) bond motifs is 2. The average molecular weight is 715 g/mol. The lowest BCUT2D eigenvalue weighted by molar-refractivity contribution is 0.0697. The maximum absolute atomic E-state index is 14.6. The lowest BCUT2D eigenvalue weighted by atomic mass is 9.91. The Kier molecular flexibility index (Phi) is 8.44. The fourth-order valence-corrected chi connectivity index (χ4v) is 6.45. The van der Waals surface area contributed by atoms with Crippen LogP contribution < -0.4 is 27.7 Å². The van der Waals surface area contributed by atoms with Crippen molar-refractivity contribution in [2.45, 2.75) is 19.6 Å². The highest BCUT2D eigenvalue weighted by Crippen LogP contribution is 2.36. The largest absolute Gasteiger partial charge is 0.478 e. The van der Waals surface area contributed by atoms with Crippen molar-refractivity contribution in [1.82, 2.24) is 29.2 Å². The topological polar surface area (TPSA) is 162 Å². The molecule has 0 radical (unpaired) electrons. The molecular weight excluding hydrogens is 689 g/mol. The number of halogens is 4. The van der Waals surface area contributed by atoms with Gasteiger partial charge in [0.2, 0.25) is 5.95 Å². The summed E-state index contributed by atoms with van der Waals surface area (Å²) >= 11 is 6.65. The van der Waals surface area contributed by atoms with E-state index in [-0.39, 0.29) is 40.0 Å². The lowest BCUT2D eigenvalue weighted by Gasteiger charge is -2.24. The SMILES string of the molecule is Cn1cc2c(CN)c(Nc3nc(=O)n(C4=CNCc5cccc(-c6ccc(C(=O)O)cc6)c54)c(=O)n3Cc3cc(F)c(F)c(F)c3)c(Cl)cc2n1. The maximum Gasteiger partial charge on any atom is 0.359 e. The Hall–Kier alpha value is -6.19. The van der Waals surface area contributed by atoms with E-state index in [1.165, 1.54) is 18.3 Å². The van der Waals surface area contributed by atoms with Crippen LogP contribution in [-0.2, 0) is 26.7 Å². The zero-order chi connectivity index (χ0) is 36.1. The minimum Gasteiger partial charge on any atom is -0.478 e. The maximum atomic E-state index is 14.6. The van der Waals surface area contributed by atoms with Gasteiger partial charge in [-0.15, -0.1) is 0 Å². The molecule has 0 fully saturated rings. The zero-order valence-electron chi connectivity index (χ0n) is 26.5. The molecule has 0 amide bonds. The number of aryl methyl sites for hydroxylation is 1. The first-order chi connectivity index (χ1) is 24.4. The molecule has 12 nitrogen and oxygen atoms in total. The number of nitrogens with two attached hydrogens (primary N) is 1. The number of carboxylic acid groups (broad SMARTS) is 1. The summed E-state index contributed by atoms with van der Waals surface area (Å²) < 4.78 is 46.0.